The Kier molecular flexibility index (Phi) is 4.89. The van der Waals surface area contributed by atoms with Gasteiger partial charge in [-0.05, 0) is 24.3 Å². The molecule has 2 aromatic carbocycles. The van der Waals surface area contributed by atoms with Gasteiger partial charge in [0.2, 0.25) is 0 Å². The number of ether oxygens (including phenoxy) is 1. The molecule has 0 saturated heterocycles. The molecule has 2 amide bonds. The van der Waals surface area contributed by atoms with E-state index in [0.717, 1.165) is 0 Å². The number of carbonyl (C=O) groups is 2. The predicted octanol–water partition coefficient (Wildman–Crippen LogP) is 1.31. The second-order valence-corrected chi connectivity index (χ2v) is 4.17. The lowest BCUT2D eigenvalue weighted by atomic mass is 10.1. The molecule has 0 heterocycles. The number of amides is 2. The molecule has 21 heavy (non-hydrogen) atoms. The molecule has 0 spiro atoms. The maximum absolute atomic E-state index is 11.8. The Hall–Kier alpha value is -2.86. The lowest BCUT2D eigenvalue weighted by Gasteiger charge is -2.10. The first-order valence-corrected chi connectivity index (χ1v) is 6.28. The summed E-state index contributed by atoms with van der Waals surface area (Å²) >= 11 is 0. The molecule has 6 heteroatoms. The molecule has 0 atom stereocenters. The number of benzene rings is 2. The smallest absolute Gasteiger partial charge is 0.267 e. The highest BCUT2D eigenvalue weighted by atomic mass is 16.5. The number of nitrogens with one attached hydrogen (secondary N) is 2. The topological polar surface area (TPSA) is 93.5 Å². The average molecular weight is 285 g/mol. The van der Waals surface area contributed by atoms with Crippen LogP contribution in [0.3, 0.4) is 0 Å². The van der Waals surface area contributed by atoms with Gasteiger partial charge >= 0.3 is 0 Å². The number of para-hydroxylation sites is 2. The first kappa shape index (κ1) is 14.5. The van der Waals surface area contributed by atoms with Crippen molar-refractivity contribution >= 4 is 17.5 Å². The Labute approximate surface area is 121 Å². The van der Waals surface area contributed by atoms with Gasteiger partial charge in [0, 0.05) is 0 Å². The zero-order valence-electron chi connectivity index (χ0n) is 11.2. The van der Waals surface area contributed by atoms with Crippen molar-refractivity contribution in [1.29, 1.82) is 0 Å². The van der Waals surface area contributed by atoms with Gasteiger partial charge in [0.15, 0.2) is 6.61 Å². The van der Waals surface area contributed by atoms with Crippen LogP contribution in [0, 0.1) is 0 Å². The lowest BCUT2D eigenvalue weighted by Crippen LogP contribution is -2.31. The molecule has 6 nitrogen and oxygen atoms in total. The fourth-order valence-electron chi connectivity index (χ4n) is 1.72. The second kappa shape index (κ2) is 7.06. The van der Waals surface area contributed by atoms with Crippen LogP contribution in [-0.2, 0) is 4.79 Å². The highest BCUT2D eigenvalue weighted by Crippen LogP contribution is 2.15. The van der Waals surface area contributed by atoms with Crippen molar-refractivity contribution in [2.75, 3.05) is 11.9 Å². The minimum absolute atomic E-state index is 0.150. The minimum Gasteiger partial charge on any atom is -0.484 e. The molecule has 0 aliphatic carbocycles. The molecule has 0 aliphatic rings. The van der Waals surface area contributed by atoms with E-state index in [9.17, 15) is 9.59 Å². The summed E-state index contributed by atoms with van der Waals surface area (Å²) in [5.74, 6) is 4.86. The third-order valence-electron chi connectivity index (χ3n) is 2.69. The second-order valence-electron chi connectivity index (χ2n) is 4.17. The Morgan fingerprint density at radius 2 is 1.67 bits per heavy atom. The predicted molar refractivity (Wildman–Crippen MR) is 78.7 cm³/mol. The summed E-state index contributed by atoms with van der Waals surface area (Å²) in [5, 5.41) is 2.62. The van der Waals surface area contributed by atoms with Crippen molar-refractivity contribution in [2.45, 2.75) is 0 Å². The summed E-state index contributed by atoms with van der Waals surface area (Å²) in [7, 11) is 0. The fourth-order valence-corrected chi connectivity index (χ4v) is 1.72. The Bertz CT molecular complexity index is 629. The first-order chi connectivity index (χ1) is 10.2. The normalized spacial score (nSPS) is 9.76. The summed E-state index contributed by atoms with van der Waals surface area (Å²) in [6, 6.07) is 15.6. The highest BCUT2D eigenvalue weighted by Gasteiger charge is 2.12. The van der Waals surface area contributed by atoms with Crippen LogP contribution in [0.1, 0.15) is 10.4 Å². The van der Waals surface area contributed by atoms with E-state index in [0.29, 0.717) is 11.4 Å². The maximum Gasteiger partial charge on any atom is 0.267 e. The molecule has 0 radical (unpaired) electrons. The van der Waals surface area contributed by atoms with E-state index in [1.165, 1.54) is 0 Å². The number of carbonyl (C=O) groups excluding carboxylic acids is 2. The molecule has 2 aromatic rings. The molecule has 0 bridgehead atoms. The van der Waals surface area contributed by atoms with Gasteiger partial charge in [0.1, 0.15) is 5.75 Å². The SMILES string of the molecule is NNC(=O)c1ccccc1NC(=O)COc1ccccc1. The molecule has 4 N–H and O–H groups in total. The number of hydrazine groups is 1. The lowest BCUT2D eigenvalue weighted by molar-refractivity contribution is -0.118. The van der Waals surface area contributed by atoms with Crippen molar-refractivity contribution in [3.63, 3.8) is 0 Å². The molecular weight excluding hydrogens is 270 g/mol. The zero-order valence-corrected chi connectivity index (χ0v) is 11.2. The standard InChI is InChI=1S/C15H15N3O3/c16-18-15(20)12-8-4-5-9-13(12)17-14(19)10-21-11-6-2-1-3-7-11/h1-9H,10,16H2,(H,17,19)(H,18,20). The van der Waals surface area contributed by atoms with Gasteiger partial charge in [-0.3, -0.25) is 15.0 Å². The number of hydrogen-bond acceptors (Lipinski definition) is 4. The van der Waals surface area contributed by atoms with E-state index in [1.54, 1.807) is 36.4 Å². The van der Waals surface area contributed by atoms with E-state index < -0.39 is 5.91 Å². The summed E-state index contributed by atoms with van der Waals surface area (Å²) in [5.41, 5.74) is 2.69. The number of rotatable bonds is 5. The van der Waals surface area contributed by atoms with E-state index >= 15 is 0 Å². The van der Waals surface area contributed by atoms with Gasteiger partial charge in [0.05, 0.1) is 11.3 Å². The summed E-state index contributed by atoms with van der Waals surface area (Å²) in [4.78, 5) is 23.4. The van der Waals surface area contributed by atoms with Crippen LogP contribution >= 0.6 is 0 Å². The Morgan fingerprint density at radius 3 is 2.38 bits per heavy atom. The fraction of sp³-hybridized carbons (Fsp3) is 0.0667. The van der Waals surface area contributed by atoms with Crippen LogP contribution in [0.15, 0.2) is 54.6 Å². The third-order valence-corrected chi connectivity index (χ3v) is 2.69. The van der Waals surface area contributed by atoms with Crippen LogP contribution in [0.25, 0.3) is 0 Å². The molecule has 2 rings (SSSR count). The Balaban J connectivity index is 1.98. The molecule has 0 aromatic heterocycles. The van der Waals surface area contributed by atoms with E-state index in [4.69, 9.17) is 10.6 Å². The summed E-state index contributed by atoms with van der Waals surface area (Å²) < 4.78 is 5.33. The van der Waals surface area contributed by atoms with Gasteiger partial charge in [-0.15, -0.1) is 0 Å². The summed E-state index contributed by atoms with van der Waals surface area (Å²) in [6.45, 7) is -0.150. The molecule has 0 aliphatic heterocycles. The molecular formula is C15H15N3O3. The van der Waals surface area contributed by atoms with Gasteiger partial charge in [-0.25, -0.2) is 5.84 Å². The van der Waals surface area contributed by atoms with Gasteiger partial charge in [-0.2, -0.15) is 0 Å². The van der Waals surface area contributed by atoms with Crippen LogP contribution in [0.4, 0.5) is 5.69 Å². The third kappa shape index (κ3) is 4.05. The quantitative estimate of drug-likeness (QED) is 0.438. The van der Waals surface area contributed by atoms with Crippen molar-refractivity contribution in [2.24, 2.45) is 5.84 Å². The van der Waals surface area contributed by atoms with Gasteiger partial charge in [-0.1, -0.05) is 30.3 Å². The monoisotopic (exact) mass is 285 g/mol. The van der Waals surface area contributed by atoms with Crippen molar-refractivity contribution in [1.82, 2.24) is 5.43 Å². The Morgan fingerprint density at radius 1 is 1.00 bits per heavy atom. The highest BCUT2D eigenvalue weighted by molar-refractivity contribution is 6.03. The van der Waals surface area contributed by atoms with Crippen molar-refractivity contribution in [3.05, 3.63) is 60.2 Å². The summed E-state index contributed by atoms with van der Waals surface area (Å²) in [6.07, 6.45) is 0. The zero-order chi connectivity index (χ0) is 15.1. The number of hydrogen-bond donors (Lipinski definition) is 3. The van der Waals surface area contributed by atoms with Crippen molar-refractivity contribution < 1.29 is 14.3 Å². The van der Waals surface area contributed by atoms with E-state index in [2.05, 4.69) is 5.32 Å². The van der Waals surface area contributed by atoms with E-state index in [1.807, 2.05) is 23.6 Å². The number of nitrogen functional groups attached to an aromatic ring is 1. The molecule has 108 valence electrons. The molecule has 0 fully saturated rings. The van der Waals surface area contributed by atoms with Crippen molar-refractivity contribution in [3.8, 4) is 5.75 Å². The van der Waals surface area contributed by atoms with Crippen LogP contribution in [0.5, 0.6) is 5.75 Å². The van der Waals surface area contributed by atoms with Crippen LogP contribution < -0.4 is 21.3 Å². The largest absolute Gasteiger partial charge is 0.484 e. The average Bonchev–Trinajstić information content (AvgIpc) is 2.54. The van der Waals surface area contributed by atoms with E-state index in [-0.39, 0.29) is 18.1 Å². The maximum atomic E-state index is 11.8. The van der Waals surface area contributed by atoms with Gasteiger partial charge < -0.3 is 10.1 Å². The van der Waals surface area contributed by atoms with Gasteiger partial charge in [0.25, 0.3) is 11.8 Å². The molecule has 0 saturated carbocycles. The number of nitrogens with two attached hydrogens (primary N) is 1. The molecule has 0 unspecified atom stereocenters. The van der Waals surface area contributed by atoms with Crippen LogP contribution in [-0.4, -0.2) is 18.4 Å². The van der Waals surface area contributed by atoms with Crippen LogP contribution in [0.2, 0.25) is 0 Å². The number of anilines is 1. The minimum atomic E-state index is -0.477. The first-order valence-electron chi connectivity index (χ1n) is 6.28.